The van der Waals surface area contributed by atoms with Gasteiger partial charge in [0.1, 0.15) is 11.6 Å². The first-order valence-electron chi connectivity index (χ1n) is 7.07. The first-order valence-corrected chi connectivity index (χ1v) is 7.07. The normalized spacial score (nSPS) is 11.2. The third kappa shape index (κ3) is 3.86. The number of carbonyl (C=O) groups is 1. The van der Waals surface area contributed by atoms with E-state index >= 15 is 0 Å². The molecule has 0 fully saturated rings. The highest BCUT2D eigenvalue weighted by molar-refractivity contribution is 5.84. The van der Waals surface area contributed by atoms with Gasteiger partial charge < -0.3 is 15.2 Å². The number of amides is 1. The molecular formula is C17H16F3NO3. The Kier molecular flexibility index (Phi) is 5.46. The van der Waals surface area contributed by atoms with Crippen molar-refractivity contribution in [1.29, 1.82) is 0 Å². The van der Waals surface area contributed by atoms with Gasteiger partial charge in [-0.1, -0.05) is 6.07 Å². The van der Waals surface area contributed by atoms with Gasteiger partial charge in [-0.25, -0.2) is 4.39 Å². The van der Waals surface area contributed by atoms with Gasteiger partial charge in [-0.05, 0) is 42.0 Å². The highest BCUT2D eigenvalue weighted by Crippen LogP contribution is 2.29. The smallest absolute Gasteiger partial charge is 0.349 e. The number of hydrogen-bond donors (Lipinski definition) is 2. The van der Waals surface area contributed by atoms with Gasteiger partial charge in [0, 0.05) is 17.7 Å². The number of methoxy groups -OCH3 is 1. The van der Waals surface area contributed by atoms with Crippen LogP contribution in [0.1, 0.15) is 16.7 Å². The van der Waals surface area contributed by atoms with Gasteiger partial charge >= 0.3 is 5.92 Å². The fourth-order valence-electron chi connectivity index (χ4n) is 2.08. The quantitative estimate of drug-likeness (QED) is 0.851. The Hall–Kier alpha value is -2.54. The van der Waals surface area contributed by atoms with Crippen LogP contribution in [0, 0.1) is 5.82 Å². The summed E-state index contributed by atoms with van der Waals surface area (Å²) in [6.45, 7) is -0.729. The maximum Gasteiger partial charge on any atom is 0.349 e. The molecule has 4 nitrogen and oxygen atoms in total. The van der Waals surface area contributed by atoms with E-state index in [1.54, 1.807) is 0 Å². The number of aliphatic hydroxyl groups is 1. The SMILES string of the molecule is COc1ccc(C(F)(F)C(=O)NCc2ccc(F)c(CO)c2)cc1. The lowest BCUT2D eigenvalue weighted by atomic mass is 10.1. The van der Waals surface area contributed by atoms with E-state index in [4.69, 9.17) is 9.84 Å². The standard InChI is InChI=1S/C17H16F3NO3/c1-24-14-5-3-13(4-6-14)17(19,20)16(23)21-9-11-2-7-15(18)12(8-11)10-22/h2-8,22H,9-10H2,1H3,(H,21,23). The lowest BCUT2D eigenvalue weighted by Gasteiger charge is -2.17. The molecule has 0 atom stereocenters. The molecule has 0 bridgehead atoms. The molecule has 2 aromatic rings. The summed E-state index contributed by atoms with van der Waals surface area (Å²) >= 11 is 0. The van der Waals surface area contributed by atoms with Crippen LogP contribution in [0.4, 0.5) is 13.2 Å². The number of carbonyl (C=O) groups excluding carboxylic acids is 1. The lowest BCUT2D eigenvalue weighted by Crippen LogP contribution is -2.37. The number of benzene rings is 2. The summed E-state index contributed by atoms with van der Waals surface area (Å²) in [6.07, 6.45) is 0. The van der Waals surface area contributed by atoms with Crippen LogP contribution in [0.15, 0.2) is 42.5 Å². The predicted molar refractivity (Wildman–Crippen MR) is 81.1 cm³/mol. The number of hydrogen-bond acceptors (Lipinski definition) is 3. The largest absolute Gasteiger partial charge is 0.497 e. The summed E-state index contributed by atoms with van der Waals surface area (Å²) in [5.74, 6) is -5.39. The maximum atomic E-state index is 14.1. The molecule has 0 aliphatic carbocycles. The minimum Gasteiger partial charge on any atom is -0.497 e. The van der Waals surface area contributed by atoms with Gasteiger partial charge in [-0.3, -0.25) is 4.79 Å². The molecule has 0 saturated heterocycles. The molecule has 0 spiro atoms. The number of rotatable bonds is 6. The van der Waals surface area contributed by atoms with Crippen molar-refractivity contribution in [3.05, 3.63) is 65.0 Å². The Balaban J connectivity index is 2.07. The van der Waals surface area contributed by atoms with Crippen LogP contribution in [0.3, 0.4) is 0 Å². The molecule has 7 heteroatoms. The van der Waals surface area contributed by atoms with Crippen molar-refractivity contribution < 1.29 is 27.8 Å². The predicted octanol–water partition coefficient (Wildman–Crippen LogP) is 2.73. The molecule has 2 rings (SSSR count). The van der Waals surface area contributed by atoms with Crippen molar-refractivity contribution in [1.82, 2.24) is 5.32 Å². The van der Waals surface area contributed by atoms with Crippen LogP contribution in [-0.4, -0.2) is 18.1 Å². The van der Waals surface area contributed by atoms with Crippen LogP contribution in [0.5, 0.6) is 5.75 Å². The fourth-order valence-corrected chi connectivity index (χ4v) is 2.08. The summed E-state index contributed by atoms with van der Waals surface area (Å²) in [4.78, 5) is 11.8. The second-order valence-electron chi connectivity index (χ2n) is 5.07. The van der Waals surface area contributed by atoms with Gasteiger partial charge in [-0.15, -0.1) is 0 Å². The Bertz CT molecular complexity index is 718. The van der Waals surface area contributed by atoms with Gasteiger partial charge in [0.25, 0.3) is 5.91 Å². The van der Waals surface area contributed by atoms with Gasteiger partial charge in [0.15, 0.2) is 0 Å². The van der Waals surface area contributed by atoms with E-state index in [1.807, 2.05) is 0 Å². The number of aliphatic hydroxyl groups excluding tert-OH is 1. The van der Waals surface area contributed by atoms with Crippen LogP contribution >= 0.6 is 0 Å². The summed E-state index contributed by atoms with van der Waals surface area (Å²) in [6, 6.07) is 8.66. The molecule has 1 amide bonds. The Morgan fingerprint density at radius 1 is 1.21 bits per heavy atom. The molecule has 0 aromatic heterocycles. The second-order valence-corrected chi connectivity index (χ2v) is 5.07. The van der Waals surface area contributed by atoms with Gasteiger partial charge in [0.2, 0.25) is 0 Å². The van der Waals surface area contributed by atoms with Crippen molar-refractivity contribution >= 4 is 5.91 Å². The minimum absolute atomic E-state index is 0.0312. The number of alkyl halides is 2. The van der Waals surface area contributed by atoms with E-state index in [0.29, 0.717) is 11.3 Å². The zero-order valence-electron chi connectivity index (χ0n) is 12.9. The molecular weight excluding hydrogens is 323 g/mol. The lowest BCUT2D eigenvalue weighted by molar-refractivity contribution is -0.147. The van der Waals surface area contributed by atoms with Crippen molar-refractivity contribution in [2.45, 2.75) is 19.1 Å². The summed E-state index contributed by atoms with van der Waals surface area (Å²) in [5.41, 5.74) is -0.0288. The van der Waals surface area contributed by atoms with E-state index in [0.717, 1.165) is 18.2 Å². The van der Waals surface area contributed by atoms with E-state index in [9.17, 15) is 18.0 Å². The van der Waals surface area contributed by atoms with E-state index in [-0.39, 0.29) is 12.1 Å². The van der Waals surface area contributed by atoms with Crippen LogP contribution in [0.25, 0.3) is 0 Å². The van der Waals surface area contributed by atoms with Crippen molar-refractivity contribution in [3.8, 4) is 5.75 Å². The third-order valence-electron chi connectivity index (χ3n) is 3.47. The maximum absolute atomic E-state index is 14.1. The highest BCUT2D eigenvalue weighted by atomic mass is 19.3. The van der Waals surface area contributed by atoms with E-state index < -0.39 is 29.8 Å². The average Bonchev–Trinajstić information content (AvgIpc) is 2.60. The van der Waals surface area contributed by atoms with Crippen LogP contribution < -0.4 is 10.1 Å². The van der Waals surface area contributed by atoms with Crippen molar-refractivity contribution in [3.63, 3.8) is 0 Å². The van der Waals surface area contributed by atoms with Crippen LogP contribution in [0.2, 0.25) is 0 Å². The Morgan fingerprint density at radius 3 is 2.46 bits per heavy atom. The monoisotopic (exact) mass is 339 g/mol. The molecule has 0 unspecified atom stereocenters. The van der Waals surface area contributed by atoms with Gasteiger partial charge in [0.05, 0.1) is 13.7 Å². The molecule has 0 heterocycles. The molecule has 2 N–H and O–H groups in total. The first-order chi connectivity index (χ1) is 11.4. The van der Waals surface area contributed by atoms with Crippen LogP contribution in [-0.2, 0) is 23.9 Å². The summed E-state index contributed by atoms with van der Waals surface area (Å²) < 4.78 is 46.4. The summed E-state index contributed by atoms with van der Waals surface area (Å²) in [5, 5.41) is 11.1. The molecule has 0 aliphatic heterocycles. The number of halogens is 3. The van der Waals surface area contributed by atoms with Gasteiger partial charge in [-0.2, -0.15) is 8.78 Å². The highest BCUT2D eigenvalue weighted by Gasteiger charge is 2.40. The minimum atomic E-state index is -3.72. The second kappa shape index (κ2) is 7.35. The van der Waals surface area contributed by atoms with Crippen molar-refractivity contribution in [2.75, 3.05) is 7.11 Å². The summed E-state index contributed by atoms with van der Waals surface area (Å²) in [7, 11) is 1.41. The molecule has 0 radical (unpaired) electrons. The fraction of sp³-hybridized carbons (Fsp3) is 0.235. The molecule has 0 saturated carbocycles. The Labute approximate surface area is 136 Å². The number of ether oxygens (including phenoxy) is 1. The van der Waals surface area contributed by atoms with E-state index in [1.165, 1.54) is 31.4 Å². The van der Waals surface area contributed by atoms with Crippen molar-refractivity contribution in [2.24, 2.45) is 0 Å². The molecule has 24 heavy (non-hydrogen) atoms. The third-order valence-corrected chi connectivity index (χ3v) is 3.47. The zero-order chi connectivity index (χ0) is 17.7. The zero-order valence-corrected chi connectivity index (χ0v) is 12.9. The number of nitrogens with one attached hydrogen (secondary N) is 1. The van der Waals surface area contributed by atoms with E-state index in [2.05, 4.69) is 5.32 Å². The molecule has 0 aliphatic rings. The Morgan fingerprint density at radius 2 is 1.88 bits per heavy atom. The average molecular weight is 339 g/mol. The molecule has 128 valence electrons. The topological polar surface area (TPSA) is 58.6 Å². The molecule has 2 aromatic carbocycles. The first kappa shape index (κ1) is 17.8.